The van der Waals surface area contributed by atoms with Crippen molar-refractivity contribution >= 4 is 15.9 Å². The van der Waals surface area contributed by atoms with Crippen LogP contribution in [-0.2, 0) is 14.8 Å². The van der Waals surface area contributed by atoms with Crippen LogP contribution < -0.4 is 4.72 Å². The Hall–Kier alpha value is -0.580. The van der Waals surface area contributed by atoms with Crippen LogP contribution in [0.25, 0.3) is 0 Å². The Morgan fingerprint density at radius 1 is 1.56 bits per heavy atom. The van der Waals surface area contributed by atoms with E-state index in [2.05, 4.69) is 0 Å². The molecule has 5 heteroatoms. The lowest BCUT2D eigenvalue weighted by atomic mass is 10.8. The molecule has 53 valence electrons. The second-order valence-electron chi connectivity index (χ2n) is 1.44. The number of carbonyl (C=O) groups excluding carboxylic acids is 1. The maximum atomic E-state index is 10.4. The quantitative estimate of drug-likeness (QED) is 0.584. The van der Waals surface area contributed by atoms with E-state index < -0.39 is 15.9 Å². The Labute approximate surface area is 54.3 Å². The summed E-state index contributed by atoms with van der Waals surface area (Å²) in [6, 6.07) is 0. The third kappa shape index (κ3) is 3.96. The summed E-state index contributed by atoms with van der Waals surface area (Å²) in [5.74, 6) is 0.349. The summed E-state index contributed by atoms with van der Waals surface area (Å²) in [5.41, 5.74) is 0. The number of nitrogens with one attached hydrogen (secondary N) is 1. The normalized spacial score (nSPS) is 10.9. The Morgan fingerprint density at radius 3 is 2.11 bits per heavy atom. The van der Waals surface area contributed by atoms with E-state index in [4.69, 9.17) is 0 Å². The highest BCUT2D eigenvalue weighted by atomic mass is 32.2. The van der Waals surface area contributed by atoms with Crippen LogP contribution >= 0.6 is 0 Å². The highest BCUT2D eigenvalue weighted by molar-refractivity contribution is 7.91. The lowest BCUT2D eigenvalue weighted by Crippen LogP contribution is -2.27. The van der Waals surface area contributed by atoms with Crippen molar-refractivity contribution in [3.8, 4) is 0 Å². The average molecular weight is 150 g/mol. The number of carbonyl (C=O) groups is 1. The zero-order valence-electron chi connectivity index (χ0n) is 5.21. The predicted octanol–water partition coefficient (Wildman–Crippen LogP) is -0.366. The molecule has 0 fully saturated rings. The summed E-state index contributed by atoms with van der Waals surface area (Å²) in [6.07, 6.45) is 0. The van der Waals surface area contributed by atoms with E-state index in [1.807, 2.05) is 0 Å². The van der Waals surface area contributed by atoms with Gasteiger partial charge in [0.25, 0.3) is 0 Å². The Morgan fingerprint density at radius 2 is 2.00 bits per heavy atom. The van der Waals surface area contributed by atoms with Gasteiger partial charge in [0, 0.05) is 6.92 Å². The SMILES string of the molecule is C[CH]S(=O)(=O)NC(C)=O. The summed E-state index contributed by atoms with van der Waals surface area (Å²) in [4.78, 5) is 10.1. The summed E-state index contributed by atoms with van der Waals surface area (Å²) < 4.78 is 22.6. The highest BCUT2D eigenvalue weighted by Crippen LogP contribution is 1.86. The number of hydrogen-bond acceptors (Lipinski definition) is 3. The Kier molecular flexibility index (Phi) is 2.64. The molecule has 0 rings (SSSR count). The van der Waals surface area contributed by atoms with E-state index >= 15 is 0 Å². The Balaban J connectivity index is 4.06. The molecule has 1 N–H and O–H groups in total. The van der Waals surface area contributed by atoms with Crippen molar-refractivity contribution in [1.29, 1.82) is 0 Å². The molecule has 0 aliphatic rings. The second-order valence-corrected chi connectivity index (χ2v) is 3.20. The number of rotatable bonds is 2. The average Bonchev–Trinajstić information content (AvgIpc) is 1.63. The molecule has 0 aromatic rings. The van der Waals surface area contributed by atoms with Gasteiger partial charge in [-0.25, -0.2) is 8.42 Å². The zero-order valence-corrected chi connectivity index (χ0v) is 6.03. The van der Waals surface area contributed by atoms with E-state index in [0.717, 1.165) is 12.7 Å². The fourth-order valence-electron chi connectivity index (χ4n) is 0.259. The molecule has 1 radical (unpaired) electrons. The van der Waals surface area contributed by atoms with E-state index in [9.17, 15) is 13.2 Å². The second kappa shape index (κ2) is 2.82. The van der Waals surface area contributed by atoms with Crippen LogP contribution in [0, 0.1) is 5.75 Å². The van der Waals surface area contributed by atoms with Gasteiger partial charge in [-0.1, -0.05) is 0 Å². The summed E-state index contributed by atoms with van der Waals surface area (Å²) in [6.45, 7) is 2.48. The van der Waals surface area contributed by atoms with Crippen molar-refractivity contribution in [2.24, 2.45) is 0 Å². The number of sulfonamides is 1. The highest BCUT2D eigenvalue weighted by Gasteiger charge is 2.06. The molecule has 0 unspecified atom stereocenters. The van der Waals surface area contributed by atoms with Gasteiger partial charge in [0.15, 0.2) is 0 Å². The maximum absolute atomic E-state index is 10.4. The van der Waals surface area contributed by atoms with Crippen molar-refractivity contribution < 1.29 is 13.2 Å². The maximum Gasteiger partial charge on any atom is 0.238 e. The molecule has 1 amide bonds. The van der Waals surface area contributed by atoms with Gasteiger partial charge in [0.1, 0.15) is 0 Å². The first kappa shape index (κ1) is 8.42. The molecule has 4 nitrogen and oxygen atoms in total. The molecule has 0 aromatic carbocycles. The largest absolute Gasteiger partial charge is 0.274 e. The minimum Gasteiger partial charge on any atom is -0.274 e. The molecule has 0 aliphatic carbocycles. The van der Waals surface area contributed by atoms with Crippen molar-refractivity contribution in [3.05, 3.63) is 5.75 Å². The topological polar surface area (TPSA) is 63.2 Å². The third-order valence-electron chi connectivity index (χ3n) is 0.596. The van der Waals surface area contributed by atoms with Crippen molar-refractivity contribution in [2.75, 3.05) is 0 Å². The standard InChI is InChI=1S/C4H8NO3S/c1-3-9(7,8)5-4(2)6/h3H,1-2H3,(H,5,6). The summed E-state index contributed by atoms with van der Waals surface area (Å²) >= 11 is 0. The predicted molar refractivity (Wildman–Crippen MR) is 32.7 cm³/mol. The smallest absolute Gasteiger partial charge is 0.238 e. The van der Waals surface area contributed by atoms with Crippen LogP contribution in [0.15, 0.2) is 0 Å². The Bertz CT molecular complexity index is 194. The van der Waals surface area contributed by atoms with E-state index in [1.165, 1.54) is 6.92 Å². The van der Waals surface area contributed by atoms with Crippen LogP contribution in [-0.4, -0.2) is 14.3 Å². The van der Waals surface area contributed by atoms with Gasteiger partial charge in [-0.15, -0.1) is 0 Å². The van der Waals surface area contributed by atoms with Gasteiger partial charge in [-0.05, 0) is 6.92 Å². The van der Waals surface area contributed by atoms with Crippen LogP contribution in [0.3, 0.4) is 0 Å². The van der Waals surface area contributed by atoms with Gasteiger partial charge in [0.2, 0.25) is 15.9 Å². The van der Waals surface area contributed by atoms with Gasteiger partial charge in [-0.2, -0.15) is 0 Å². The zero-order chi connectivity index (χ0) is 7.49. The fourth-order valence-corrected chi connectivity index (χ4v) is 0.778. The van der Waals surface area contributed by atoms with E-state index in [1.54, 1.807) is 4.72 Å². The molecule has 0 saturated heterocycles. The molecule has 0 spiro atoms. The molecule has 0 bridgehead atoms. The lowest BCUT2D eigenvalue weighted by molar-refractivity contribution is -0.117. The fraction of sp³-hybridized carbons (Fsp3) is 0.500. The minimum absolute atomic E-state index is 0.576. The summed E-state index contributed by atoms with van der Waals surface area (Å²) in [7, 11) is -3.44. The molecule has 0 aliphatic heterocycles. The molecule has 0 aromatic heterocycles. The monoisotopic (exact) mass is 150 g/mol. The number of amides is 1. The van der Waals surface area contributed by atoms with Gasteiger partial charge < -0.3 is 0 Å². The molecular weight excluding hydrogens is 142 g/mol. The first-order valence-electron chi connectivity index (χ1n) is 2.30. The molecular formula is C4H8NO3S. The minimum atomic E-state index is -3.44. The first-order valence-corrected chi connectivity index (χ1v) is 3.85. The molecule has 0 saturated carbocycles. The first-order chi connectivity index (χ1) is 3.98. The third-order valence-corrected chi connectivity index (χ3v) is 1.79. The molecule has 9 heavy (non-hydrogen) atoms. The lowest BCUT2D eigenvalue weighted by Gasteiger charge is -1.97. The van der Waals surface area contributed by atoms with Crippen LogP contribution in [0.4, 0.5) is 0 Å². The summed E-state index contributed by atoms with van der Waals surface area (Å²) in [5, 5.41) is 0. The van der Waals surface area contributed by atoms with Gasteiger partial charge >= 0.3 is 0 Å². The van der Waals surface area contributed by atoms with Crippen LogP contribution in [0.2, 0.25) is 0 Å². The van der Waals surface area contributed by atoms with Crippen LogP contribution in [0.1, 0.15) is 13.8 Å². The van der Waals surface area contributed by atoms with E-state index in [0.29, 0.717) is 0 Å². The molecule has 0 heterocycles. The van der Waals surface area contributed by atoms with Crippen LogP contribution in [0.5, 0.6) is 0 Å². The van der Waals surface area contributed by atoms with Crippen molar-refractivity contribution in [2.45, 2.75) is 13.8 Å². The van der Waals surface area contributed by atoms with E-state index in [-0.39, 0.29) is 0 Å². The number of hydrogen-bond donors (Lipinski definition) is 1. The molecule has 0 atom stereocenters. The van der Waals surface area contributed by atoms with Crippen molar-refractivity contribution in [3.63, 3.8) is 0 Å². The van der Waals surface area contributed by atoms with Gasteiger partial charge in [-0.3, -0.25) is 9.52 Å². The van der Waals surface area contributed by atoms with Gasteiger partial charge in [0.05, 0.1) is 5.75 Å². The van der Waals surface area contributed by atoms with Crippen molar-refractivity contribution in [1.82, 2.24) is 4.72 Å².